The van der Waals surface area contributed by atoms with Gasteiger partial charge in [0.2, 0.25) is 5.91 Å². The molecule has 3 aromatic rings. The van der Waals surface area contributed by atoms with E-state index in [9.17, 15) is 9.59 Å². The van der Waals surface area contributed by atoms with Crippen LogP contribution in [0.15, 0.2) is 60.0 Å². The van der Waals surface area contributed by atoms with Crippen LogP contribution in [-0.2, 0) is 11.4 Å². The molecule has 0 atom stereocenters. The predicted molar refractivity (Wildman–Crippen MR) is 120 cm³/mol. The van der Waals surface area contributed by atoms with E-state index in [4.69, 9.17) is 4.74 Å². The average molecular weight is 423 g/mol. The minimum Gasteiger partial charge on any atom is -0.487 e. The lowest BCUT2D eigenvalue weighted by atomic mass is 10.2. The number of para-hydroxylation sites is 1. The number of anilines is 2. The number of carbonyl (C=O) groups is 2. The van der Waals surface area contributed by atoms with Crippen LogP contribution in [0.5, 0.6) is 5.75 Å². The molecule has 1 aromatic heterocycles. The number of rotatable bonds is 7. The van der Waals surface area contributed by atoms with Crippen molar-refractivity contribution < 1.29 is 14.3 Å². The minimum absolute atomic E-state index is 0.271. The number of aryl methyl sites for hydroxylation is 1. The summed E-state index contributed by atoms with van der Waals surface area (Å²) >= 11 is 1.58. The molecule has 8 heteroatoms. The summed E-state index contributed by atoms with van der Waals surface area (Å²) < 4.78 is 5.86. The Labute approximate surface area is 178 Å². The Morgan fingerprint density at radius 2 is 1.77 bits per heavy atom. The van der Waals surface area contributed by atoms with Crippen molar-refractivity contribution in [3.05, 3.63) is 76.3 Å². The Morgan fingerprint density at radius 3 is 2.43 bits per heavy atom. The van der Waals surface area contributed by atoms with E-state index in [1.807, 2.05) is 36.6 Å². The number of hydrogen-bond donors (Lipinski definition) is 3. The monoisotopic (exact) mass is 422 g/mol. The first-order chi connectivity index (χ1) is 14.5. The van der Waals surface area contributed by atoms with E-state index in [2.05, 4.69) is 20.9 Å². The Bertz CT molecular complexity index is 1040. The van der Waals surface area contributed by atoms with Crippen LogP contribution in [0.25, 0.3) is 6.08 Å². The molecule has 3 rings (SSSR count). The van der Waals surface area contributed by atoms with Crippen molar-refractivity contribution in [3.63, 3.8) is 0 Å². The quantitative estimate of drug-likeness (QED) is 0.491. The number of carbonyl (C=O) groups excluding carboxylic acids is 2. The first-order valence-corrected chi connectivity index (χ1v) is 10.1. The van der Waals surface area contributed by atoms with Gasteiger partial charge in [0.15, 0.2) is 0 Å². The lowest BCUT2D eigenvalue weighted by Gasteiger charge is -2.08. The van der Waals surface area contributed by atoms with E-state index in [1.165, 1.54) is 6.08 Å². The number of ether oxygens (including phenoxy) is 1. The van der Waals surface area contributed by atoms with E-state index < -0.39 is 0 Å². The Balaban J connectivity index is 1.58. The van der Waals surface area contributed by atoms with Crippen LogP contribution in [-0.4, -0.2) is 24.0 Å². The van der Waals surface area contributed by atoms with E-state index in [1.54, 1.807) is 48.7 Å². The fraction of sp³-hybridized carbons (Fsp3) is 0.136. The molecular weight excluding hydrogens is 400 g/mol. The van der Waals surface area contributed by atoms with Gasteiger partial charge in [-0.1, -0.05) is 18.2 Å². The molecule has 0 saturated carbocycles. The molecule has 0 aliphatic rings. The molecule has 30 heavy (non-hydrogen) atoms. The van der Waals surface area contributed by atoms with E-state index in [0.717, 1.165) is 16.3 Å². The fourth-order valence-corrected chi connectivity index (χ4v) is 3.15. The van der Waals surface area contributed by atoms with Gasteiger partial charge in [-0.05, 0) is 43.3 Å². The summed E-state index contributed by atoms with van der Waals surface area (Å²) in [6.07, 6.45) is 3.16. The number of thiazole rings is 1. The fourth-order valence-electron chi connectivity index (χ4n) is 2.56. The van der Waals surface area contributed by atoms with Crippen LogP contribution >= 0.6 is 11.3 Å². The number of amides is 3. The average Bonchev–Trinajstić information content (AvgIpc) is 3.17. The third-order valence-electron chi connectivity index (χ3n) is 4.01. The second kappa shape index (κ2) is 10.2. The molecule has 0 aliphatic heterocycles. The molecule has 1 heterocycles. The van der Waals surface area contributed by atoms with Crippen LogP contribution in [0.4, 0.5) is 16.2 Å². The van der Waals surface area contributed by atoms with Crippen LogP contribution in [0, 0.1) is 6.92 Å². The van der Waals surface area contributed by atoms with Gasteiger partial charge in [-0.3, -0.25) is 4.79 Å². The van der Waals surface area contributed by atoms with Gasteiger partial charge in [-0.2, -0.15) is 0 Å². The second-order valence-corrected chi connectivity index (χ2v) is 7.35. The summed E-state index contributed by atoms with van der Waals surface area (Å²) in [7, 11) is 1.54. The number of nitrogens with zero attached hydrogens (tertiary/aromatic N) is 1. The topological polar surface area (TPSA) is 92.4 Å². The summed E-state index contributed by atoms with van der Waals surface area (Å²) in [5.74, 6) is 0.406. The molecule has 0 spiro atoms. The van der Waals surface area contributed by atoms with Crippen molar-refractivity contribution in [3.8, 4) is 5.75 Å². The minimum atomic E-state index is -0.305. The van der Waals surface area contributed by atoms with Crippen molar-refractivity contribution in [1.82, 2.24) is 10.3 Å². The van der Waals surface area contributed by atoms with Gasteiger partial charge < -0.3 is 20.7 Å². The molecule has 7 nitrogen and oxygen atoms in total. The van der Waals surface area contributed by atoms with Crippen molar-refractivity contribution in [1.29, 1.82) is 0 Å². The standard InChI is InChI=1S/C22H22N4O3S/c1-15-24-19(14-30-15)13-29-20-6-4-3-5-16(20)7-12-21(27)25-17-8-10-18(11-9-17)26-22(28)23-2/h3-12,14H,13H2,1-2H3,(H,25,27)(H2,23,26,28)/b12-7+. The van der Waals surface area contributed by atoms with Gasteiger partial charge >= 0.3 is 6.03 Å². The zero-order valence-electron chi connectivity index (χ0n) is 16.6. The van der Waals surface area contributed by atoms with E-state index >= 15 is 0 Å². The maximum absolute atomic E-state index is 12.3. The first kappa shape index (κ1) is 21.1. The van der Waals surface area contributed by atoms with Gasteiger partial charge in [-0.25, -0.2) is 9.78 Å². The second-order valence-electron chi connectivity index (χ2n) is 6.29. The summed E-state index contributed by atoms with van der Waals surface area (Å²) in [5.41, 5.74) is 2.92. The Morgan fingerprint density at radius 1 is 1.07 bits per heavy atom. The molecular formula is C22H22N4O3S. The van der Waals surface area contributed by atoms with Crippen LogP contribution in [0.2, 0.25) is 0 Å². The van der Waals surface area contributed by atoms with Crippen LogP contribution in [0.3, 0.4) is 0 Å². The predicted octanol–water partition coefficient (Wildman–Crippen LogP) is 4.43. The number of benzene rings is 2. The normalized spacial score (nSPS) is 10.6. The lowest BCUT2D eigenvalue weighted by Crippen LogP contribution is -2.24. The summed E-state index contributed by atoms with van der Waals surface area (Å²) in [5, 5.41) is 10.9. The summed E-state index contributed by atoms with van der Waals surface area (Å²) in [6, 6.07) is 14.0. The molecule has 0 fully saturated rings. The van der Waals surface area contributed by atoms with E-state index in [0.29, 0.717) is 23.7 Å². The molecule has 3 amide bonds. The van der Waals surface area contributed by atoms with Gasteiger partial charge in [-0.15, -0.1) is 11.3 Å². The number of aromatic nitrogens is 1. The molecule has 0 aliphatic carbocycles. The van der Waals surface area contributed by atoms with Crippen LogP contribution < -0.4 is 20.7 Å². The molecule has 3 N–H and O–H groups in total. The van der Waals surface area contributed by atoms with Crippen LogP contribution in [0.1, 0.15) is 16.3 Å². The largest absolute Gasteiger partial charge is 0.487 e. The van der Waals surface area contributed by atoms with Gasteiger partial charge in [0, 0.05) is 35.4 Å². The zero-order chi connectivity index (χ0) is 21.3. The molecule has 0 bridgehead atoms. The third-order valence-corrected chi connectivity index (χ3v) is 4.84. The van der Waals surface area contributed by atoms with Crippen molar-refractivity contribution in [2.75, 3.05) is 17.7 Å². The zero-order valence-corrected chi connectivity index (χ0v) is 17.5. The number of nitrogens with one attached hydrogen (secondary N) is 3. The van der Waals surface area contributed by atoms with Gasteiger partial charge in [0.1, 0.15) is 12.4 Å². The van der Waals surface area contributed by atoms with E-state index in [-0.39, 0.29) is 11.9 Å². The maximum atomic E-state index is 12.3. The first-order valence-electron chi connectivity index (χ1n) is 9.24. The van der Waals surface area contributed by atoms with Crippen molar-refractivity contribution in [2.24, 2.45) is 0 Å². The number of urea groups is 1. The van der Waals surface area contributed by atoms with Gasteiger partial charge in [0.05, 0.1) is 10.7 Å². The Hall–Kier alpha value is -3.65. The molecule has 0 radical (unpaired) electrons. The summed E-state index contributed by atoms with van der Waals surface area (Å²) in [6.45, 7) is 2.33. The molecule has 2 aromatic carbocycles. The highest BCUT2D eigenvalue weighted by atomic mass is 32.1. The smallest absolute Gasteiger partial charge is 0.318 e. The van der Waals surface area contributed by atoms with Crippen molar-refractivity contribution in [2.45, 2.75) is 13.5 Å². The highest BCUT2D eigenvalue weighted by Crippen LogP contribution is 2.21. The highest BCUT2D eigenvalue weighted by Gasteiger charge is 2.05. The third kappa shape index (κ3) is 6.18. The SMILES string of the molecule is CNC(=O)Nc1ccc(NC(=O)/C=C/c2ccccc2OCc2csc(C)n2)cc1. The molecule has 0 unspecified atom stereocenters. The highest BCUT2D eigenvalue weighted by molar-refractivity contribution is 7.09. The molecule has 154 valence electrons. The molecule has 0 saturated heterocycles. The maximum Gasteiger partial charge on any atom is 0.318 e. The van der Waals surface area contributed by atoms with Crippen molar-refractivity contribution >= 4 is 40.7 Å². The Kier molecular flexibility index (Phi) is 7.18. The number of hydrogen-bond acceptors (Lipinski definition) is 5. The lowest BCUT2D eigenvalue weighted by molar-refractivity contribution is -0.111. The summed E-state index contributed by atoms with van der Waals surface area (Å²) in [4.78, 5) is 28.0. The van der Waals surface area contributed by atoms with Gasteiger partial charge in [0.25, 0.3) is 0 Å².